The molecule has 3 nitrogen and oxygen atoms in total. The molecule has 0 N–H and O–H groups in total. The number of ether oxygens (including phenoxy) is 1. The maximum absolute atomic E-state index is 12.2. The van der Waals surface area contributed by atoms with E-state index in [1.165, 1.54) is 17.3 Å². The Labute approximate surface area is 161 Å². The number of amides is 1. The van der Waals surface area contributed by atoms with Crippen LogP contribution in [0.5, 0.6) is 5.75 Å². The van der Waals surface area contributed by atoms with Crippen LogP contribution in [0, 0.1) is 6.92 Å². The SMILES string of the molecule is COc1c(Br)cc(/C=C2\SC(c3ccc(C)cc3)=NC2=O)cc1Br. The Bertz CT molecular complexity index is 850. The van der Waals surface area contributed by atoms with Gasteiger partial charge in [0.05, 0.1) is 21.0 Å². The number of benzene rings is 2. The molecular weight excluding hydrogens is 454 g/mol. The number of carbonyl (C=O) groups is 1. The number of thioether (sulfide) groups is 1. The van der Waals surface area contributed by atoms with Gasteiger partial charge in [-0.1, -0.05) is 41.6 Å². The van der Waals surface area contributed by atoms with Crippen molar-refractivity contribution in [3.05, 3.63) is 66.9 Å². The van der Waals surface area contributed by atoms with Gasteiger partial charge in [0.25, 0.3) is 5.91 Å². The molecule has 0 spiro atoms. The molecule has 0 saturated heterocycles. The number of aliphatic imine (C=N–C) groups is 1. The summed E-state index contributed by atoms with van der Waals surface area (Å²) in [6.07, 6.45) is 1.84. The molecule has 2 aromatic rings. The normalized spacial score (nSPS) is 15.8. The number of methoxy groups -OCH3 is 1. The van der Waals surface area contributed by atoms with Crippen molar-refractivity contribution in [1.29, 1.82) is 0 Å². The minimum absolute atomic E-state index is 0.210. The maximum atomic E-state index is 12.2. The van der Waals surface area contributed by atoms with Crippen molar-refractivity contribution < 1.29 is 9.53 Å². The minimum Gasteiger partial charge on any atom is -0.494 e. The van der Waals surface area contributed by atoms with Crippen molar-refractivity contribution >= 4 is 60.6 Å². The number of aryl methyl sites for hydroxylation is 1. The lowest BCUT2D eigenvalue weighted by Crippen LogP contribution is -1.90. The largest absolute Gasteiger partial charge is 0.494 e. The summed E-state index contributed by atoms with van der Waals surface area (Å²) in [4.78, 5) is 17.0. The molecule has 122 valence electrons. The smallest absolute Gasteiger partial charge is 0.284 e. The third-order valence-corrected chi connectivity index (χ3v) is 5.65. The molecule has 0 fully saturated rings. The summed E-state index contributed by atoms with van der Waals surface area (Å²) in [7, 11) is 1.61. The first-order valence-electron chi connectivity index (χ1n) is 7.10. The van der Waals surface area contributed by atoms with Crippen molar-refractivity contribution in [2.45, 2.75) is 6.92 Å². The van der Waals surface area contributed by atoms with E-state index in [1.807, 2.05) is 49.4 Å². The molecule has 1 heterocycles. The molecule has 3 rings (SSSR count). The third kappa shape index (κ3) is 3.66. The third-order valence-electron chi connectivity index (χ3n) is 3.44. The van der Waals surface area contributed by atoms with Crippen LogP contribution >= 0.6 is 43.6 Å². The van der Waals surface area contributed by atoms with Crippen LogP contribution in [0.4, 0.5) is 0 Å². The van der Waals surface area contributed by atoms with Gasteiger partial charge < -0.3 is 4.74 Å². The number of nitrogens with zero attached hydrogens (tertiary/aromatic N) is 1. The standard InChI is InChI=1S/C18H13Br2NO2S/c1-10-3-5-12(6-4-10)18-21-17(22)15(24-18)9-11-7-13(19)16(23-2)14(20)8-11/h3-9H,1-2H3/b15-9-. The van der Waals surface area contributed by atoms with E-state index >= 15 is 0 Å². The van der Waals surface area contributed by atoms with Crippen LogP contribution in [0.15, 0.2) is 55.2 Å². The Morgan fingerprint density at radius 1 is 1.12 bits per heavy atom. The lowest BCUT2D eigenvalue weighted by molar-refractivity contribution is -0.113. The minimum atomic E-state index is -0.210. The van der Waals surface area contributed by atoms with Crippen molar-refractivity contribution in [2.24, 2.45) is 4.99 Å². The van der Waals surface area contributed by atoms with E-state index < -0.39 is 0 Å². The number of carbonyl (C=O) groups excluding carboxylic acids is 1. The van der Waals surface area contributed by atoms with Gasteiger partial charge in [-0.25, -0.2) is 4.99 Å². The second-order valence-electron chi connectivity index (χ2n) is 5.22. The van der Waals surface area contributed by atoms with Gasteiger partial charge >= 0.3 is 0 Å². The van der Waals surface area contributed by atoms with Gasteiger partial charge in [0.15, 0.2) is 0 Å². The fraction of sp³-hybridized carbons (Fsp3) is 0.111. The van der Waals surface area contributed by atoms with Crippen molar-refractivity contribution in [3.63, 3.8) is 0 Å². The van der Waals surface area contributed by atoms with Crippen molar-refractivity contribution in [2.75, 3.05) is 7.11 Å². The zero-order valence-corrected chi connectivity index (χ0v) is 17.0. The summed E-state index contributed by atoms with van der Waals surface area (Å²) in [6, 6.07) is 11.8. The van der Waals surface area contributed by atoms with Crippen molar-refractivity contribution in [1.82, 2.24) is 0 Å². The van der Waals surface area contributed by atoms with Gasteiger partial charge in [0, 0.05) is 5.56 Å². The number of hydrogen-bond donors (Lipinski definition) is 0. The van der Waals surface area contributed by atoms with Gasteiger partial charge in [-0.15, -0.1) is 0 Å². The molecule has 1 amide bonds. The van der Waals surface area contributed by atoms with Gasteiger partial charge in [0.2, 0.25) is 0 Å². The topological polar surface area (TPSA) is 38.7 Å². The molecule has 24 heavy (non-hydrogen) atoms. The highest BCUT2D eigenvalue weighted by molar-refractivity contribution is 9.11. The fourth-order valence-electron chi connectivity index (χ4n) is 2.24. The summed E-state index contributed by atoms with van der Waals surface area (Å²) in [5.41, 5.74) is 3.03. The summed E-state index contributed by atoms with van der Waals surface area (Å²) < 4.78 is 6.94. The zero-order chi connectivity index (χ0) is 17.3. The quantitative estimate of drug-likeness (QED) is 0.553. The van der Waals surface area contributed by atoms with Crippen LogP contribution in [-0.4, -0.2) is 18.1 Å². The summed E-state index contributed by atoms with van der Waals surface area (Å²) >= 11 is 8.34. The molecule has 2 aromatic carbocycles. The van der Waals surface area contributed by atoms with Gasteiger partial charge in [0.1, 0.15) is 10.8 Å². The number of hydrogen-bond acceptors (Lipinski definition) is 3. The van der Waals surface area contributed by atoms with E-state index in [0.29, 0.717) is 4.91 Å². The van der Waals surface area contributed by atoms with Crippen molar-refractivity contribution in [3.8, 4) is 5.75 Å². The highest BCUT2D eigenvalue weighted by atomic mass is 79.9. The molecule has 0 atom stereocenters. The predicted octanol–water partition coefficient (Wildman–Crippen LogP) is 5.59. The van der Waals surface area contributed by atoms with E-state index in [0.717, 1.165) is 30.9 Å². The lowest BCUT2D eigenvalue weighted by atomic mass is 10.2. The van der Waals surface area contributed by atoms with Gasteiger partial charge in [-0.2, -0.15) is 0 Å². The molecule has 0 saturated carbocycles. The molecule has 0 aliphatic carbocycles. The lowest BCUT2D eigenvalue weighted by Gasteiger charge is -2.07. The molecule has 0 radical (unpaired) electrons. The number of halogens is 2. The summed E-state index contributed by atoms with van der Waals surface area (Å²) in [6.45, 7) is 2.03. The molecule has 0 unspecified atom stereocenters. The first-order valence-corrected chi connectivity index (χ1v) is 9.51. The highest BCUT2D eigenvalue weighted by Crippen LogP contribution is 2.37. The Kier molecular flexibility index (Phi) is 5.27. The van der Waals surface area contributed by atoms with E-state index in [2.05, 4.69) is 36.9 Å². The van der Waals surface area contributed by atoms with Crippen LogP contribution in [-0.2, 0) is 4.79 Å². The Balaban J connectivity index is 1.88. The first kappa shape index (κ1) is 17.5. The van der Waals surface area contributed by atoms with E-state index in [4.69, 9.17) is 4.74 Å². The predicted molar refractivity (Wildman–Crippen MR) is 107 cm³/mol. The molecule has 1 aliphatic heterocycles. The summed E-state index contributed by atoms with van der Waals surface area (Å²) in [5, 5.41) is 0.734. The monoisotopic (exact) mass is 465 g/mol. The Hall–Kier alpha value is -1.37. The van der Waals surface area contributed by atoms with Crippen LogP contribution in [0.3, 0.4) is 0 Å². The average Bonchev–Trinajstić information content (AvgIpc) is 2.89. The van der Waals surface area contributed by atoms with Gasteiger partial charge in [-0.3, -0.25) is 4.79 Å². The Morgan fingerprint density at radius 2 is 1.75 bits per heavy atom. The average molecular weight is 467 g/mol. The first-order chi connectivity index (χ1) is 11.5. The molecule has 0 bridgehead atoms. The number of rotatable bonds is 3. The zero-order valence-electron chi connectivity index (χ0n) is 13.0. The van der Waals surface area contributed by atoms with Crippen LogP contribution in [0.1, 0.15) is 16.7 Å². The highest BCUT2D eigenvalue weighted by Gasteiger charge is 2.23. The van der Waals surface area contributed by atoms with E-state index in [-0.39, 0.29) is 5.91 Å². The molecule has 0 aromatic heterocycles. The second-order valence-corrected chi connectivity index (χ2v) is 7.96. The fourth-order valence-corrected chi connectivity index (χ4v) is 4.70. The van der Waals surface area contributed by atoms with E-state index in [9.17, 15) is 4.79 Å². The van der Waals surface area contributed by atoms with Crippen LogP contribution < -0.4 is 4.74 Å². The van der Waals surface area contributed by atoms with Crippen LogP contribution in [0.2, 0.25) is 0 Å². The summed E-state index contributed by atoms with van der Waals surface area (Å²) in [5.74, 6) is 0.512. The van der Waals surface area contributed by atoms with E-state index in [1.54, 1.807) is 7.11 Å². The van der Waals surface area contributed by atoms with Gasteiger partial charge in [-0.05, 0) is 62.6 Å². The Morgan fingerprint density at radius 3 is 2.33 bits per heavy atom. The maximum Gasteiger partial charge on any atom is 0.284 e. The second kappa shape index (κ2) is 7.25. The molecule has 6 heteroatoms. The van der Waals surface area contributed by atoms with Crippen LogP contribution in [0.25, 0.3) is 6.08 Å². The molecular formula is C18H13Br2NO2S. The molecule has 1 aliphatic rings.